The minimum atomic E-state index is -0.0183. The zero-order valence-electron chi connectivity index (χ0n) is 11.9. The predicted molar refractivity (Wildman–Crippen MR) is 71.3 cm³/mol. The molecule has 1 aliphatic rings. The zero-order chi connectivity index (χ0) is 12.7. The second-order valence-electron chi connectivity index (χ2n) is 5.14. The van der Waals surface area contributed by atoms with Crippen molar-refractivity contribution in [1.82, 2.24) is 5.32 Å². The van der Waals surface area contributed by atoms with Gasteiger partial charge in [-0.05, 0) is 19.4 Å². The summed E-state index contributed by atoms with van der Waals surface area (Å²) in [7, 11) is 3.91. The molecule has 1 rings (SSSR count). The minimum Gasteiger partial charge on any atom is -0.381 e. The Hall–Kier alpha value is -0.120. The van der Waals surface area contributed by atoms with Crippen molar-refractivity contribution in [3.63, 3.8) is 0 Å². The Balaban J connectivity index is 2.67. The molecule has 1 heterocycles. The lowest BCUT2D eigenvalue weighted by atomic mass is 9.80. The van der Waals surface area contributed by atoms with Crippen LogP contribution in [0.2, 0.25) is 0 Å². The average molecular weight is 243 g/mol. The van der Waals surface area contributed by atoms with E-state index >= 15 is 0 Å². The van der Waals surface area contributed by atoms with Crippen LogP contribution < -0.4 is 5.32 Å². The van der Waals surface area contributed by atoms with Gasteiger partial charge in [0.2, 0.25) is 0 Å². The summed E-state index contributed by atoms with van der Waals surface area (Å²) >= 11 is 0. The van der Waals surface area contributed by atoms with Crippen molar-refractivity contribution in [2.24, 2.45) is 5.92 Å². The van der Waals surface area contributed by atoms with Crippen LogP contribution in [-0.2, 0) is 9.47 Å². The lowest BCUT2D eigenvalue weighted by Gasteiger charge is -2.43. The summed E-state index contributed by atoms with van der Waals surface area (Å²) in [5.41, 5.74) is -0.0183. The van der Waals surface area contributed by atoms with Crippen LogP contribution in [0.15, 0.2) is 0 Å². The van der Waals surface area contributed by atoms with E-state index < -0.39 is 0 Å². The SMILES string of the molecule is CCC(CC)CC(NC)C1(OC)CCOCC1. The second kappa shape index (κ2) is 7.34. The Labute approximate surface area is 106 Å². The average Bonchev–Trinajstić information content (AvgIpc) is 2.41. The molecule has 0 aliphatic carbocycles. The van der Waals surface area contributed by atoms with Crippen molar-refractivity contribution in [1.29, 1.82) is 0 Å². The van der Waals surface area contributed by atoms with Crippen molar-refractivity contribution >= 4 is 0 Å². The third-order valence-electron chi connectivity index (χ3n) is 4.45. The van der Waals surface area contributed by atoms with E-state index in [1.807, 2.05) is 7.11 Å². The lowest BCUT2D eigenvalue weighted by molar-refractivity contribution is -0.112. The summed E-state index contributed by atoms with van der Waals surface area (Å²) in [6.07, 6.45) is 5.73. The molecule has 1 N–H and O–H groups in total. The molecule has 3 heteroatoms. The minimum absolute atomic E-state index is 0.0183. The third kappa shape index (κ3) is 3.67. The molecule has 0 bridgehead atoms. The first kappa shape index (κ1) is 14.9. The molecule has 3 nitrogen and oxygen atoms in total. The molecule has 0 radical (unpaired) electrons. The van der Waals surface area contributed by atoms with Gasteiger partial charge in [0.1, 0.15) is 0 Å². The number of likely N-dealkylation sites (N-methyl/N-ethyl adjacent to an activating group) is 1. The fourth-order valence-electron chi connectivity index (χ4n) is 2.96. The largest absolute Gasteiger partial charge is 0.381 e. The van der Waals surface area contributed by atoms with Crippen LogP contribution in [0, 0.1) is 5.92 Å². The highest BCUT2D eigenvalue weighted by atomic mass is 16.5. The molecule has 0 spiro atoms. The fraction of sp³-hybridized carbons (Fsp3) is 1.00. The van der Waals surface area contributed by atoms with Gasteiger partial charge in [-0.3, -0.25) is 0 Å². The molecule has 0 aromatic heterocycles. The van der Waals surface area contributed by atoms with E-state index in [9.17, 15) is 0 Å². The Morgan fingerprint density at radius 2 is 1.82 bits per heavy atom. The first-order valence-electron chi connectivity index (χ1n) is 7.02. The third-order valence-corrected chi connectivity index (χ3v) is 4.45. The number of nitrogens with one attached hydrogen (secondary N) is 1. The molecule has 17 heavy (non-hydrogen) atoms. The highest BCUT2D eigenvalue weighted by molar-refractivity contribution is 4.95. The van der Waals surface area contributed by atoms with Crippen molar-refractivity contribution in [2.75, 3.05) is 27.4 Å². The van der Waals surface area contributed by atoms with Gasteiger partial charge in [-0.1, -0.05) is 26.7 Å². The maximum absolute atomic E-state index is 5.88. The molecule has 0 amide bonds. The topological polar surface area (TPSA) is 30.5 Å². The molecule has 0 saturated carbocycles. The van der Waals surface area contributed by atoms with Crippen LogP contribution in [0.5, 0.6) is 0 Å². The number of rotatable bonds is 7. The van der Waals surface area contributed by atoms with Gasteiger partial charge >= 0.3 is 0 Å². The molecular weight excluding hydrogens is 214 g/mol. The molecule has 1 fully saturated rings. The molecule has 1 unspecified atom stereocenters. The smallest absolute Gasteiger partial charge is 0.0874 e. The molecule has 102 valence electrons. The Kier molecular flexibility index (Phi) is 6.45. The van der Waals surface area contributed by atoms with E-state index in [4.69, 9.17) is 9.47 Å². The highest BCUT2D eigenvalue weighted by Gasteiger charge is 2.40. The van der Waals surface area contributed by atoms with Crippen LogP contribution in [-0.4, -0.2) is 39.0 Å². The van der Waals surface area contributed by atoms with Crippen molar-refractivity contribution < 1.29 is 9.47 Å². The molecule has 0 aromatic rings. The normalized spacial score (nSPS) is 21.7. The molecule has 1 aliphatic heterocycles. The van der Waals surface area contributed by atoms with Gasteiger partial charge in [-0.25, -0.2) is 0 Å². The van der Waals surface area contributed by atoms with Gasteiger partial charge in [0.15, 0.2) is 0 Å². The zero-order valence-corrected chi connectivity index (χ0v) is 11.9. The summed E-state index contributed by atoms with van der Waals surface area (Å²) in [6, 6.07) is 0.446. The van der Waals surface area contributed by atoms with Crippen molar-refractivity contribution in [3.8, 4) is 0 Å². The van der Waals surface area contributed by atoms with Gasteiger partial charge < -0.3 is 14.8 Å². The van der Waals surface area contributed by atoms with Crippen LogP contribution in [0.25, 0.3) is 0 Å². The van der Waals surface area contributed by atoms with E-state index in [2.05, 4.69) is 26.2 Å². The van der Waals surface area contributed by atoms with Gasteiger partial charge in [0.05, 0.1) is 5.60 Å². The number of ether oxygens (including phenoxy) is 2. The molecular formula is C14H29NO2. The maximum Gasteiger partial charge on any atom is 0.0874 e. The summed E-state index contributed by atoms with van der Waals surface area (Å²) in [5, 5.41) is 3.48. The van der Waals surface area contributed by atoms with Crippen LogP contribution >= 0.6 is 0 Å². The molecule has 0 aromatic carbocycles. The monoisotopic (exact) mass is 243 g/mol. The van der Waals surface area contributed by atoms with Crippen LogP contribution in [0.4, 0.5) is 0 Å². The summed E-state index contributed by atoms with van der Waals surface area (Å²) in [4.78, 5) is 0. The van der Waals surface area contributed by atoms with Gasteiger partial charge in [-0.15, -0.1) is 0 Å². The Morgan fingerprint density at radius 1 is 1.24 bits per heavy atom. The van der Waals surface area contributed by atoms with Crippen LogP contribution in [0.3, 0.4) is 0 Å². The summed E-state index contributed by atoms with van der Waals surface area (Å²) in [6.45, 7) is 6.22. The van der Waals surface area contributed by atoms with Gasteiger partial charge in [0, 0.05) is 39.2 Å². The Morgan fingerprint density at radius 3 is 2.24 bits per heavy atom. The van der Waals surface area contributed by atoms with E-state index in [0.29, 0.717) is 6.04 Å². The Bertz CT molecular complexity index is 198. The molecule has 1 atom stereocenters. The fourth-order valence-corrected chi connectivity index (χ4v) is 2.96. The number of hydrogen-bond donors (Lipinski definition) is 1. The molecule has 1 saturated heterocycles. The maximum atomic E-state index is 5.88. The lowest BCUT2D eigenvalue weighted by Crippen LogP contribution is -2.54. The standard InChI is InChI=1S/C14H29NO2/c1-5-12(6-2)11-13(15-3)14(16-4)7-9-17-10-8-14/h12-13,15H,5-11H2,1-4H3. The first-order valence-corrected chi connectivity index (χ1v) is 7.02. The van der Waals surface area contributed by atoms with E-state index in [0.717, 1.165) is 32.0 Å². The van der Waals surface area contributed by atoms with Gasteiger partial charge in [-0.2, -0.15) is 0 Å². The highest BCUT2D eigenvalue weighted by Crippen LogP contribution is 2.32. The number of hydrogen-bond acceptors (Lipinski definition) is 3. The summed E-state index contributed by atoms with van der Waals surface area (Å²) < 4.78 is 11.4. The van der Waals surface area contributed by atoms with E-state index in [1.54, 1.807) is 0 Å². The first-order chi connectivity index (χ1) is 8.22. The quantitative estimate of drug-likeness (QED) is 0.745. The number of methoxy groups -OCH3 is 1. The second-order valence-corrected chi connectivity index (χ2v) is 5.14. The van der Waals surface area contributed by atoms with Gasteiger partial charge in [0.25, 0.3) is 0 Å². The van der Waals surface area contributed by atoms with Crippen molar-refractivity contribution in [3.05, 3.63) is 0 Å². The summed E-state index contributed by atoms with van der Waals surface area (Å²) in [5.74, 6) is 0.794. The van der Waals surface area contributed by atoms with Crippen LogP contribution in [0.1, 0.15) is 46.0 Å². The van der Waals surface area contributed by atoms with E-state index in [1.165, 1.54) is 19.3 Å². The predicted octanol–water partition coefficient (Wildman–Crippen LogP) is 2.60. The van der Waals surface area contributed by atoms with E-state index in [-0.39, 0.29) is 5.60 Å². The van der Waals surface area contributed by atoms with Crippen molar-refractivity contribution in [2.45, 2.75) is 57.6 Å².